The summed E-state index contributed by atoms with van der Waals surface area (Å²) in [5.41, 5.74) is 1.65. The zero-order chi connectivity index (χ0) is 17.9. The van der Waals surface area contributed by atoms with Gasteiger partial charge in [0.15, 0.2) is 0 Å². The van der Waals surface area contributed by atoms with Gasteiger partial charge in [-0.05, 0) is 43.2 Å². The van der Waals surface area contributed by atoms with Crippen LogP contribution >= 0.6 is 0 Å². The molecule has 2 amide bonds. The lowest BCUT2D eigenvalue weighted by molar-refractivity contribution is -0.150. The molecule has 0 spiro atoms. The van der Waals surface area contributed by atoms with Crippen molar-refractivity contribution in [3.05, 3.63) is 41.5 Å². The van der Waals surface area contributed by atoms with Gasteiger partial charge < -0.3 is 9.47 Å². The summed E-state index contributed by atoms with van der Waals surface area (Å²) in [6.45, 7) is 5.17. The second-order valence-corrected chi connectivity index (χ2v) is 6.96. The van der Waals surface area contributed by atoms with Crippen LogP contribution in [0.15, 0.2) is 30.4 Å². The maximum absolute atomic E-state index is 13.1. The van der Waals surface area contributed by atoms with Gasteiger partial charge in [0.2, 0.25) is 11.8 Å². The van der Waals surface area contributed by atoms with Crippen molar-refractivity contribution in [2.45, 2.75) is 32.5 Å². The van der Waals surface area contributed by atoms with Crippen LogP contribution in [0.5, 0.6) is 0 Å². The fourth-order valence-corrected chi connectivity index (χ4v) is 4.00. The van der Waals surface area contributed by atoms with Crippen molar-refractivity contribution >= 4 is 23.5 Å². The lowest BCUT2D eigenvalue weighted by atomic mass is 9.77. The molecule has 25 heavy (non-hydrogen) atoms. The van der Waals surface area contributed by atoms with Crippen molar-refractivity contribution in [2.24, 2.45) is 11.8 Å². The molecule has 4 rings (SSSR count). The van der Waals surface area contributed by atoms with E-state index < -0.39 is 29.5 Å². The molecule has 0 N–H and O–H groups in total. The molecular weight excluding hydrogens is 322 g/mol. The number of aryl methyl sites for hydroxylation is 2. The molecule has 2 fully saturated rings. The normalized spacial score (nSPS) is 32.4. The highest BCUT2D eigenvalue weighted by atomic mass is 16.6. The van der Waals surface area contributed by atoms with Crippen molar-refractivity contribution in [2.75, 3.05) is 11.5 Å². The summed E-state index contributed by atoms with van der Waals surface area (Å²) in [5.74, 6) is -2.21. The van der Waals surface area contributed by atoms with Gasteiger partial charge in [0.05, 0.1) is 23.6 Å². The largest absolute Gasteiger partial charge is 0.462 e. The van der Waals surface area contributed by atoms with Crippen molar-refractivity contribution in [1.82, 2.24) is 0 Å². The Morgan fingerprint density at radius 1 is 1.24 bits per heavy atom. The molecule has 0 saturated carbocycles. The van der Waals surface area contributed by atoms with Crippen molar-refractivity contribution in [1.29, 1.82) is 0 Å². The molecule has 3 heterocycles. The first kappa shape index (κ1) is 16.0. The Morgan fingerprint density at radius 2 is 2.00 bits per heavy atom. The van der Waals surface area contributed by atoms with Gasteiger partial charge in [0.1, 0.15) is 12.2 Å². The molecule has 3 aliphatic rings. The first-order valence-electron chi connectivity index (χ1n) is 8.30. The zero-order valence-corrected chi connectivity index (χ0v) is 14.3. The van der Waals surface area contributed by atoms with E-state index in [1.807, 2.05) is 26.0 Å². The first-order valence-corrected chi connectivity index (χ1v) is 8.30. The van der Waals surface area contributed by atoms with Gasteiger partial charge >= 0.3 is 5.97 Å². The summed E-state index contributed by atoms with van der Waals surface area (Å²) >= 11 is 0. The molecule has 6 heteroatoms. The second kappa shape index (κ2) is 5.26. The number of rotatable bonds is 3. The molecule has 0 aromatic heterocycles. The van der Waals surface area contributed by atoms with Crippen LogP contribution in [0.1, 0.15) is 18.1 Å². The molecule has 0 aliphatic carbocycles. The molecule has 3 aliphatic heterocycles. The Morgan fingerprint density at radius 3 is 2.68 bits per heavy atom. The molecule has 130 valence electrons. The van der Waals surface area contributed by atoms with Crippen LogP contribution in [0.25, 0.3) is 0 Å². The summed E-state index contributed by atoms with van der Waals surface area (Å²) in [5, 5.41) is 0. The van der Waals surface area contributed by atoms with E-state index >= 15 is 0 Å². The van der Waals surface area contributed by atoms with Crippen LogP contribution in [0.4, 0.5) is 5.69 Å². The summed E-state index contributed by atoms with van der Waals surface area (Å²) < 4.78 is 11.0. The number of esters is 1. The minimum atomic E-state index is -1.04. The smallest absolute Gasteiger partial charge is 0.302 e. The van der Waals surface area contributed by atoms with Crippen LogP contribution in [0, 0.1) is 25.7 Å². The maximum Gasteiger partial charge on any atom is 0.302 e. The number of nitrogens with zero attached hydrogens (tertiary/aromatic N) is 1. The van der Waals surface area contributed by atoms with Gasteiger partial charge in [0, 0.05) is 6.92 Å². The molecule has 1 aromatic rings. The third kappa shape index (κ3) is 2.17. The predicted molar refractivity (Wildman–Crippen MR) is 88.8 cm³/mol. The van der Waals surface area contributed by atoms with E-state index in [-0.39, 0.29) is 18.4 Å². The van der Waals surface area contributed by atoms with E-state index in [9.17, 15) is 14.4 Å². The Hall–Kier alpha value is -2.47. The Kier molecular flexibility index (Phi) is 3.37. The van der Waals surface area contributed by atoms with Crippen LogP contribution in [-0.2, 0) is 23.9 Å². The molecule has 2 bridgehead atoms. The summed E-state index contributed by atoms with van der Waals surface area (Å²) in [6, 6.07) is 5.53. The third-order valence-electron chi connectivity index (χ3n) is 5.40. The lowest BCUT2D eigenvalue weighted by Gasteiger charge is -2.28. The Bertz CT molecular complexity index is 829. The Labute approximate surface area is 145 Å². The summed E-state index contributed by atoms with van der Waals surface area (Å²) in [7, 11) is 0. The number of ether oxygens (including phenoxy) is 2. The maximum atomic E-state index is 13.1. The highest BCUT2D eigenvalue weighted by Crippen LogP contribution is 2.52. The number of anilines is 1. The zero-order valence-electron chi connectivity index (χ0n) is 14.3. The molecule has 2 saturated heterocycles. The van der Waals surface area contributed by atoms with Crippen molar-refractivity contribution in [3.63, 3.8) is 0 Å². The molecular formula is C19H19NO5. The average Bonchev–Trinajstić information content (AvgIpc) is 3.20. The average molecular weight is 341 g/mol. The van der Waals surface area contributed by atoms with E-state index in [4.69, 9.17) is 9.47 Å². The lowest BCUT2D eigenvalue weighted by Crippen LogP contribution is -2.44. The number of carbonyl (C=O) groups excluding carboxylic acids is 3. The monoisotopic (exact) mass is 341 g/mol. The summed E-state index contributed by atoms with van der Waals surface area (Å²) in [6.07, 6.45) is 3.10. The Balaban J connectivity index is 1.70. The quantitative estimate of drug-likeness (QED) is 0.475. The molecule has 1 aromatic carbocycles. The number of imide groups is 1. The molecule has 0 radical (unpaired) electrons. The van der Waals surface area contributed by atoms with Gasteiger partial charge in [-0.25, -0.2) is 4.90 Å². The predicted octanol–water partition coefficient (Wildman–Crippen LogP) is 1.68. The van der Waals surface area contributed by atoms with Gasteiger partial charge in [-0.15, -0.1) is 0 Å². The highest BCUT2D eigenvalue weighted by Gasteiger charge is 2.68. The number of fused-ring (bicyclic) bond motifs is 5. The number of hydrogen-bond donors (Lipinski definition) is 0. The standard InChI is InChI=1S/C19H19NO5/c1-10-4-5-13(8-11(10)2)20-17(22)15-14-6-7-19(25-14,9-24-12(3)21)16(15)18(20)23/h4-8,14-16H,9H2,1-3H3/t14-,15+,16+,19-/m1/s1. The van der Waals surface area contributed by atoms with Crippen LogP contribution < -0.4 is 4.90 Å². The summed E-state index contributed by atoms with van der Waals surface area (Å²) in [4.78, 5) is 38.5. The topological polar surface area (TPSA) is 72.9 Å². The number of benzene rings is 1. The minimum absolute atomic E-state index is 0.0592. The van der Waals surface area contributed by atoms with Gasteiger partial charge in [-0.2, -0.15) is 0 Å². The number of carbonyl (C=O) groups is 3. The van der Waals surface area contributed by atoms with Gasteiger partial charge in [0.25, 0.3) is 0 Å². The van der Waals surface area contributed by atoms with E-state index in [1.165, 1.54) is 11.8 Å². The van der Waals surface area contributed by atoms with E-state index in [0.717, 1.165) is 11.1 Å². The third-order valence-corrected chi connectivity index (χ3v) is 5.40. The van der Waals surface area contributed by atoms with Crippen molar-refractivity contribution < 1.29 is 23.9 Å². The molecule has 6 nitrogen and oxygen atoms in total. The highest BCUT2D eigenvalue weighted by molar-refractivity contribution is 6.23. The van der Waals surface area contributed by atoms with Gasteiger partial charge in [-0.1, -0.05) is 12.1 Å². The van der Waals surface area contributed by atoms with E-state index in [2.05, 4.69) is 0 Å². The van der Waals surface area contributed by atoms with Crippen LogP contribution in [0.3, 0.4) is 0 Å². The van der Waals surface area contributed by atoms with Gasteiger partial charge in [-0.3, -0.25) is 14.4 Å². The second-order valence-electron chi connectivity index (χ2n) is 6.96. The van der Waals surface area contributed by atoms with Crippen LogP contribution in [0.2, 0.25) is 0 Å². The fraction of sp³-hybridized carbons (Fsp3) is 0.421. The van der Waals surface area contributed by atoms with E-state index in [1.54, 1.807) is 18.2 Å². The molecule has 0 unspecified atom stereocenters. The van der Waals surface area contributed by atoms with Crippen LogP contribution in [-0.4, -0.2) is 36.1 Å². The van der Waals surface area contributed by atoms with E-state index in [0.29, 0.717) is 5.69 Å². The SMILES string of the molecule is CC(=O)OC[C@@]12C=C[C@@H](O1)[C@@H]1C(=O)N(c3ccc(C)c(C)c3)C(=O)[C@H]12. The number of amides is 2. The van der Waals surface area contributed by atoms with Crippen molar-refractivity contribution in [3.8, 4) is 0 Å². The first-order chi connectivity index (χ1) is 11.8. The molecule has 4 atom stereocenters. The fourth-order valence-electron chi connectivity index (χ4n) is 4.00. The number of hydrogen-bond acceptors (Lipinski definition) is 5. The minimum Gasteiger partial charge on any atom is -0.462 e.